The highest BCUT2D eigenvalue weighted by molar-refractivity contribution is 8.00. The van der Waals surface area contributed by atoms with Crippen LogP contribution >= 0.6 is 23.1 Å². The van der Waals surface area contributed by atoms with Crippen molar-refractivity contribution in [2.45, 2.75) is 18.2 Å². The number of thioether (sulfide) groups is 1. The molecule has 0 saturated carbocycles. The zero-order chi connectivity index (χ0) is 14.1. The molecule has 1 aliphatic rings. The van der Waals surface area contributed by atoms with E-state index in [1.165, 1.54) is 10.4 Å². The van der Waals surface area contributed by atoms with Gasteiger partial charge in [0.15, 0.2) is 0 Å². The molecule has 2 aromatic rings. The number of carbonyl (C=O) groups excluding carboxylic acids is 1. The molecule has 0 aromatic carbocycles. The van der Waals surface area contributed by atoms with Crippen LogP contribution in [0.15, 0.2) is 23.8 Å². The number of rotatable bonds is 3. The van der Waals surface area contributed by atoms with Crippen molar-refractivity contribution in [3.63, 3.8) is 0 Å². The molecule has 20 heavy (non-hydrogen) atoms. The molecule has 0 spiro atoms. The van der Waals surface area contributed by atoms with Crippen molar-refractivity contribution < 1.29 is 4.79 Å². The number of imidazole rings is 1. The summed E-state index contributed by atoms with van der Waals surface area (Å²) in [5, 5.41) is 2.05. The Morgan fingerprint density at radius 1 is 1.60 bits per heavy atom. The molecule has 0 aliphatic carbocycles. The maximum absolute atomic E-state index is 12.7. The number of nitrogens with zero attached hydrogens (tertiary/aromatic N) is 3. The van der Waals surface area contributed by atoms with Gasteiger partial charge in [0, 0.05) is 31.4 Å². The van der Waals surface area contributed by atoms with Crippen LogP contribution in [0, 0.1) is 0 Å². The van der Waals surface area contributed by atoms with Crippen LogP contribution in [0.2, 0.25) is 0 Å². The van der Waals surface area contributed by atoms with Gasteiger partial charge in [-0.05, 0) is 29.2 Å². The van der Waals surface area contributed by atoms with Crippen molar-refractivity contribution in [1.82, 2.24) is 14.5 Å². The third kappa shape index (κ3) is 2.50. The Hall–Kier alpha value is -1.27. The van der Waals surface area contributed by atoms with Crippen LogP contribution in [0.1, 0.15) is 21.5 Å². The van der Waals surface area contributed by atoms with Gasteiger partial charge < -0.3 is 9.47 Å². The molecule has 1 amide bonds. The van der Waals surface area contributed by atoms with Crippen LogP contribution < -0.4 is 0 Å². The van der Waals surface area contributed by atoms with E-state index in [2.05, 4.69) is 16.4 Å². The first-order chi connectivity index (χ1) is 9.66. The van der Waals surface area contributed by atoms with E-state index in [4.69, 9.17) is 0 Å². The fourth-order valence-electron chi connectivity index (χ4n) is 2.39. The maximum atomic E-state index is 12.7. The first-order valence-electron chi connectivity index (χ1n) is 6.56. The molecule has 1 unspecified atom stereocenters. The lowest BCUT2D eigenvalue weighted by Gasteiger charge is -2.26. The van der Waals surface area contributed by atoms with Crippen LogP contribution in [-0.4, -0.2) is 33.2 Å². The summed E-state index contributed by atoms with van der Waals surface area (Å²) in [5.41, 5.74) is 1.21. The number of likely N-dealkylation sites (N-methyl/N-ethyl adjacent to an activating group) is 1. The van der Waals surface area contributed by atoms with Crippen LogP contribution in [0.3, 0.4) is 0 Å². The van der Waals surface area contributed by atoms with Crippen LogP contribution in [0.4, 0.5) is 0 Å². The largest absolute Gasteiger partial charge is 0.337 e. The van der Waals surface area contributed by atoms with Crippen molar-refractivity contribution in [3.8, 4) is 0 Å². The Balaban J connectivity index is 1.75. The molecule has 0 saturated heterocycles. The predicted octanol–water partition coefficient (Wildman–Crippen LogP) is 2.47. The Morgan fingerprint density at radius 2 is 2.45 bits per heavy atom. The van der Waals surface area contributed by atoms with Crippen LogP contribution in [-0.2, 0) is 24.8 Å². The number of aromatic nitrogens is 2. The minimum Gasteiger partial charge on any atom is -0.337 e. The lowest BCUT2D eigenvalue weighted by Crippen LogP contribution is -2.32. The van der Waals surface area contributed by atoms with Crippen LogP contribution in [0.5, 0.6) is 0 Å². The summed E-state index contributed by atoms with van der Waals surface area (Å²) >= 11 is 3.52. The summed E-state index contributed by atoms with van der Waals surface area (Å²) in [6.07, 6.45) is 4.75. The van der Waals surface area contributed by atoms with Gasteiger partial charge in [-0.25, -0.2) is 4.98 Å². The topological polar surface area (TPSA) is 38.1 Å². The fraction of sp³-hybridized carbons (Fsp3) is 0.429. The quantitative estimate of drug-likeness (QED) is 0.874. The number of hydrogen-bond acceptors (Lipinski definition) is 4. The number of carbonyl (C=O) groups is 1. The van der Waals surface area contributed by atoms with E-state index in [0.717, 1.165) is 18.0 Å². The molecule has 0 bridgehead atoms. The Morgan fingerprint density at radius 3 is 3.20 bits per heavy atom. The average Bonchev–Trinajstić information content (AvgIpc) is 3.07. The van der Waals surface area contributed by atoms with Crippen molar-refractivity contribution in [2.24, 2.45) is 7.05 Å². The standard InChI is InChI=1S/C14H17N3OS2/c1-16-6-5-15-12(16)9-17(2)14(18)13-10-3-7-19-11(10)4-8-20-13/h3,5-7,13H,4,8-9H2,1-2H3. The summed E-state index contributed by atoms with van der Waals surface area (Å²) in [7, 11) is 3.81. The second-order valence-electron chi connectivity index (χ2n) is 4.95. The second kappa shape index (κ2) is 5.61. The third-order valence-corrected chi connectivity index (χ3v) is 5.80. The Bertz CT molecular complexity index is 619. The van der Waals surface area contributed by atoms with Gasteiger partial charge in [-0.3, -0.25) is 4.79 Å². The second-order valence-corrected chi connectivity index (χ2v) is 7.16. The number of fused-ring (bicyclic) bond motifs is 1. The molecule has 0 N–H and O–H groups in total. The molecule has 1 atom stereocenters. The SMILES string of the molecule is CN(Cc1nccn1C)C(=O)C1SCCc2sccc21. The molecule has 106 valence electrons. The highest BCUT2D eigenvalue weighted by Crippen LogP contribution is 2.40. The predicted molar refractivity (Wildman–Crippen MR) is 82.9 cm³/mol. The summed E-state index contributed by atoms with van der Waals surface area (Å²) in [4.78, 5) is 20.1. The number of amides is 1. The van der Waals surface area contributed by atoms with E-state index in [1.54, 1.807) is 34.2 Å². The zero-order valence-corrected chi connectivity index (χ0v) is 13.2. The van der Waals surface area contributed by atoms with Gasteiger partial charge in [0.05, 0.1) is 6.54 Å². The highest BCUT2D eigenvalue weighted by atomic mass is 32.2. The summed E-state index contributed by atoms with van der Waals surface area (Å²) < 4.78 is 1.95. The molecule has 3 rings (SSSR count). The van der Waals surface area contributed by atoms with Crippen molar-refractivity contribution >= 4 is 29.0 Å². The number of hydrogen-bond donors (Lipinski definition) is 0. The van der Waals surface area contributed by atoms with E-state index in [9.17, 15) is 4.79 Å². The smallest absolute Gasteiger partial charge is 0.240 e. The molecular formula is C14H17N3OS2. The van der Waals surface area contributed by atoms with E-state index < -0.39 is 0 Å². The van der Waals surface area contributed by atoms with E-state index in [1.807, 2.05) is 24.9 Å². The molecule has 3 heterocycles. The number of aryl methyl sites for hydroxylation is 2. The first kappa shape index (κ1) is 13.7. The third-order valence-electron chi connectivity index (χ3n) is 3.58. The molecule has 2 aromatic heterocycles. The highest BCUT2D eigenvalue weighted by Gasteiger charge is 2.30. The van der Waals surface area contributed by atoms with E-state index in [0.29, 0.717) is 6.54 Å². The average molecular weight is 307 g/mol. The zero-order valence-electron chi connectivity index (χ0n) is 11.6. The van der Waals surface area contributed by atoms with E-state index in [-0.39, 0.29) is 11.2 Å². The van der Waals surface area contributed by atoms with Gasteiger partial charge in [-0.15, -0.1) is 23.1 Å². The normalized spacial score (nSPS) is 17.8. The van der Waals surface area contributed by atoms with Crippen LogP contribution in [0.25, 0.3) is 0 Å². The summed E-state index contributed by atoms with van der Waals surface area (Å²) in [6, 6.07) is 2.10. The van der Waals surface area contributed by atoms with Crippen molar-refractivity contribution in [2.75, 3.05) is 12.8 Å². The summed E-state index contributed by atoms with van der Waals surface area (Å²) in [5.74, 6) is 2.12. The lowest BCUT2D eigenvalue weighted by atomic mass is 10.1. The van der Waals surface area contributed by atoms with Crippen molar-refractivity contribution in [1.29, 1.82) is 0 Å². The minimum absolute atomic E-state index is 0.0460. The molecular weight excluding hydrogens is 290 g/mol. The maximum Gasteiger partial charge on any atom is 0.240 e. The molecule has 0 fully saturated rings. The molecule has 0 radical (unpaired) electrons. The monoisotopic (exact) mass is 307 g/mol. The van der Waals surface area contributed by atoms with Crippen molar-refractivity contribution in [3.05, 3.63) is 40.1 Å². The number of thiophene rings is 1. The Labute approximate surface area is 126 Å². The summed E-state index contributed by atoms with van der Waals surface area (Å²) in [6.45, 7) is 0.554. The minimum atomic E-state index is -0.0460. The molecule has 1 aliphatic heterocycles. The van der Waals surface area contributed by atoms with E-state index >= 15 is 0 Å². The van der Waals surface area contributed by atoms with Gasteiger partial charge in [0.1, 0.15) is 11.1 Å². The fourth-order valence-corrected chi connectivity index (χ4v) is 4.80. The first-order valence-corrected chi connectivity index (χ1v) is 8.48. The van der Waals surface area contributed by atoms with Gasteiger partial charge in [-0.1, -0.05) is 0 Å². The molecule has 6 heteroatoms. The Kier molecular flexibility index (Phi) is 3.85. The van der Waals surface area contributed by atoms with Gasteiger partial charge in [0.25, 0.3) is 0 Å². The van der Waals surface area contributed by atoms with Gasteiger partial charge in [0.2, 0.25) is 5.91 Å². The molecule has 4 nitrogen and oxygen atoms in total. The van der Waals surface area contributed by atoms with Gasteiger partial charge in [-0.2, -0.15) is 0 Å². The van der Waals surface area contributed by atoms with Gasteiger partial charge >= 0.3 is 0 Å². The lowest BCUT2D eigenvalue weighted by molar-refractivity contribution is -0.130.